The second kappa shape index (κ2) is 5.84. The Labute approximate surface area is 118 Å². The van der Waals surface area contributed by atoms with Gasteiger partial charge in [-0.3, -0.25) is 0 Å². The molecule has 0 aromatic heterocycles. The van der Waals surface area contributed by atoms with Gasteiger partial charge in [0.15, 0.2) is 0 Å². The molecule has 0 saturated carbocycles. The van der Waals surface area contributed by atoms with E-state index in [9.17, 15) is 9.18 Å². The normalized spacial score (nSPS) is 10.2. The first-order chi connectivity index (χ1) is 9.08. The van der Waals surface area contributed by atoms with Crippen molar-refractivity contribution in [2.45, 2.75) is 6.61 Å². The molecule has 0 unspecified atom stereocenters. The van der Waals surface area contributed by atoms with Crippen LogP contribution in [0, 0.1) is 5.82 Å². The molecule has 98 valence electrons. The van der Waals surface area contributed by atoms with Crippen LogP contribution in [0.25, 0.3) is 0 Å². The Morgan fingerprint density at radius 2 is 2.00 bits per heavy atom. The van der Waals surface area contributed by atoms with Crippen molar-refractivity contribution in [1.82, 2.24) is 0 Å². The van der Waals surface area contributed by atoms with Gasteiger partial charge in [0.1, 0.15) is 12.4 Å². The van der Waals surface area contributed by atoms with Crippen LogP contribution in [0.5, 0.6) is 0 Å². The maximum atomic E-state index is 13.3. The predicted molar refractivity (Wildman–Crippen MR) is 74.1 cm³/mol. The Kier molecular flexibility index (Phi) is 4.16. The van der Waals surface area contributed by atoms with E-state index in [0.29, 0.717) is 21.3 Å². The lowest BCUT2D eigenvalue weighted by Gasteiger charge is -2.07. The Morgan fingerprint density at radius 3 is 2.68 bits per heavy atom. The van der Waals surface area contributed by atoms with Crippen LogP contribution in [0.3, 0.4) is 0 Å². The van der Waals surface area contributed by atoms with E-state index in [1.54, 1.807) is 30.3 Å². The Balaban J connectivity index is 2.05. The van der Waals surface area contributed by atoms with Crippen LogP contribution in [0.15, 0.2) is 46.9 Å². The summed E-state index contributed by atoms with van der Waals surface area (Å²) in [6, 6.07) is 10.9. The molecular weight excluding hydrogens is 313 g/mol. The van der Waals surface area contributed by atoms with Gasteiger partial charge in [0.25, 0.3) is 0 Å². The number of carbonyl (C=O) groups is 1. The summed E-state index contributed by atoms with van der Waals surface area (Å²) < 4.78 is 19.1. The molecule has 0 bridgehead atoms. The fraction of sp³-hybridized carbons (Fsp3) is 0.0714. The van der Waals surface area contributed by atoms with Crippen molar-refractivity contribution in [1.29, 1.82) is 0 Å². The molecule has 19 heavy (non-hydrogen) atoms. The van der Waals surface area contributed by atoms with Gasteiger partial charge in [-0.2, -0.15) is 0 Å². The standard InChI is InChI=1S/C14H11BrFNO2/c15-11-6-5-9(7-13(11)17)14(18)19-8-10-3-1-2-4-12(10)16/h1-7H,8,17H2. The average molecular weight is 324 g/mol. The van der Waals surface area contributed by atoms with Crippen molar-refractivity contribution in [3.05, 3.63) is 63.9 Å². The van der Waals surface area contributed by atoms with Crippen LogP contribution >= 0.6 is 15.9 Å². The molecule has 0 spiro atoms. The summed E-state index contributed by atoms with van der Waals surface area (Å²) in [5, 5.41) is 0. The van der Waals surface area contributed by atoms with Gasteiger partial charge < -0.3 is 10.5 Å². The van der Waals surface area contributed by atoms with Crippen molar-refractivity contribution in [3.8, 4) is 0 Å². The summed E-state index contributed by atoms with van der Waals surface area (Å²) in [4.78, 5) is 11.8. The van der Waals surface area contributed by atoms with Gasteiger partial charge in [-0.1, -0.05) is 18.2 Å². The molecule has 0 amide bonds. The summed E-state index contributed by atoms with van der Waals surface area (Å²) >= 11 is 3.24. The van der Waals surface area contributed by atoms with E-state index >= 15 is 0 Å². The number of ether oxygens (including phenoxy) is 1. The number of anilines is 1. The van der Waals surface area contributed by atoms with E-state index in [1.165, 1.54) is 12.1 Å². The molecule has 0 aliphatic heterocycles. The van der Waals surface area contributed by atoms with Gasteiger partial charge >= 0.3 is 5.97 Å². The molecule has 0 atom stereocenters. The van der Waals surface area contributed by atoms with Gasteiger partial charge in [-0.25, -0.2) is 9.18 Å². The molecule has 0 heterocycles. The Bertz CT molecular complexity index is 616. The number of carbonyl (C=O) groups excluding carboxylic acids is 1. The molecule has 2 rings (SSSR count). The topological polar surface area (TPSA) is 52.3 Å². The first-order valence-electron chi connectivity index (χ1n) is 5.53. The largest absolute Gasteiger partial charge is 0.457 e. The third kappa shape index (κ3) is 3.32. The smallest absolute Gasteiger partial charge is 0.338 e. The monoisotopic (exact) mass is 323 g/mol. The third-order valence-electron chi connectivity index (χ3n) is 2.55. The highest BCUT2D eigenvalue weighted by Crippen LogP contribution is 2.21. The van der Waals surface area contributed by atoms with E-state index in [4.69, 9.17) is 10.5 Å². The van der Waals surface area contributed by atoms with Crippen molar-refractivity contribution in [2.75, 3.05) is 5.73 Å². The number of rotatable bonds is 3. The zero-order valence-corrected chi connectivity index (χ0v) is 11.5. The summed E-state index contributed by atoms with van der Waals surface area (Å²) in [7, 11) is 0. The molecule has 0 aliphatic rings. The van der Waals surface area contributed by atoms with E-state index in [-0.39, 0.29) is 6.61 Å². The second-order valence-corrected chi connectivity index (χ2v) is 4.76. The number of benzene rings is 2. The SMILES string of the molecule is Nc1cc(C(=O)OCc2ccccc2F)ccc1Br. The number of halogens is 2. The zero-order chi connectivity index (χ0) is 13.8. The van der Waals surface area contributed by atoms with E-state index < -0.39 is 11.8 Å². The second-order valence-electron chi connectivity index (χ2n) is 3.90. The van der Waals surface area contributed by atoms with E-state index in [2.05, 4.69) is 15.9 Å². The predicted octanol–water partition coefficient (Wildman–Crippen LogP) is 3.53. The summed E-state index contributed by atoms with van der Waals surface area (Å²) in [5.41, 5.74) is 6.78. The minimum atomic E-state index is -0.539. The lowest BCUT2D eigenvalue weighted by molar-refractivity contribution is 0.0469. The van der Waals surface area contributed by atoms with Crippen LogP contribution in [0.1, 0.15) is 15.9 Å². The number of nitrogens with two attached hydrogens (primary N) is 1. The molecule has 2 N–H and O–H groups in total. The van der Waals surface area contributed by atoms with Crippen LogP contribution < -0.4 is 5.73 Å². The van der Waals surface area contributed by atoms with Crippen molar-refractivity contribution in [3.63, 3.8) is 0 Å². The number of hydrogen-bond acceptors (Lipinski definition) is 3. The Hall–Kier alpha value is -1.88. The summed E-state index contributed by atoms with van der Waals surface area (Å²) in [5.74, 6) is -0.937. The summed E-state index contributed by atoms with van der Waals surface area (Å²) in [6.07, 6.45) is 0. The van der Waals surface area contributed by atoms with Gasteiger partial charge in [-0.05, 0) is 40.2 Å². The lowest BCUT2D eigenvalue weighted by Crippen LogP contribution is -2.06. The molecule has 0 radical (unpaired) electrons. The van der Waals surface area contributed by atoms with E-state index in [1.807, 2.05) is 0 Å². The van der Waals surface area contributed by atoms with Crippen molar-refractivity contribution >= 4 is 27.6 Å². The molecule has 2 aromatic carbocycles. The molecule has 0 fully saturated rings. The highest BCUT2D eigenvalue weighted by molar-refractivity contribution is 9.10. The summed E-state index contributed by atoms with van der Waals surface area (Å²) in [6.45, 7) is -0.110. The maximum absolute atomic E-state index is 13.3. The molecule has 3 nitrogen and oxygen atoms in total. The molecule has 5 heteroatoms. The van der Waals surface area contributed by atoms with Crippen molar-refractivity contribution in [2.24, 2.45) is 0 Å². The van der Waals surface area contributed by atoms with Gasteiger partial charge in [-0.15, -0.1) is 0 Å². The zero-order valence-electron chi connectivity index (χ0n) is 9.90. The maximum Gasteiger partial charge on any atom is 0.338 e. The number of hydrogen-bond donors (Lipinski definition) is 1. The quantitative estimate of drug-likeness (QED) is 0.694. The van der Waals surface area contributed by atoms with Gasteiger partial charge in [0.05, 0.1) is 5.56 Å². The minimum Gasteiger partial charge on any atom is -0.457 e. The lowest BCUT2D eigenvalue weighted by atomic mass is 10.2. The highest BCUT2D eigenvalue weighted by Gasteiger charge is 2.10. The minimum absolute atomic E-state index is 0.110. The molecule has 0 saturated heterocycles. The first kappa shape index (κ1) is 13.5. The van der Waals surface area contributed by atoms with Crippen LogP contribution in [0.4, 0.5) is 10.1 Å². The van der Waals surface area contributed by atoms with Gasteiger partial charge in [0.2, 0.25) is 0 Å². The third-order valence-corrected chi connectivity index (χ3v) is 3.27. The fourth-order valence-corrected chi connectivity index (χ4v) is 1.76. The molecule has 2 aromatic rings. The van der Waals surface area contributed by atoms with Crippen LogP contribution in [-0.2, 0) is 11.3 Å². The number of esters is 1. The van der Waals surface area contributed by atoms with Gasteiger partial charge in [0, 0.05) is 15.7 Å². The molecular formula is C14H11BrFNO2. The Morgan fingerprint density at radius 1 is 1.26 bits per heavy atom. The van der Waals surface area contributed by atoms with E-state index in [0.717, 1.165) is 0 Å². The van der Waals surface area contributed by atoms with Crippen LogP contribution in [0.2, 0.25) is 0 Å². The van der Waals surface area contributed by atoms with Crippen LogP contribution in [-0.4, -0.2) is 5.97 Å². The first-order valence-corrected chi connectivity index (χ1v) is 6.33. The molecule has 0 aliphatic carbocycles. The van der Waals surface area contributed by atoms with Crippen molar-refractivity contribution < 1.29 is 13.9 Å². The average Bonchev–Trinajstić information content (AvgIpc) is 2.40. The fourth-order valence-electron chi connectivity index (χ4n) is 1.51. The highest BCUT2D eigenvalue weighted by atomic mass is 79.9. The number of nitrogen functional groups attached to an aromatic ring is 1.